The van der Waals surface area contributed by atoms with Gasteiger partial charge >= 0.3 is 17.9 Å². The summed E-state index contributed by atoms with van der Waals surface area (Å²) in [5.41, 5.74) is 11.8. The molecule has 0 saturated carbocycles. The molecular weight excluding hydrogens is 1200 g/mol. The van der Waals surface area contributed by atoms with Crippen molar-refractivity contribution in [2.24, 2.45) is 35.1 Å². The lowest BCUT2D eigenvalue weighted by molar-refractivity contribution is -0.141. The number of carbonyl (C=O) groups excluding carboxylic acids is 12. The molecule has 0 bridgehead atoms. The van der Waals surface area contributed by atoms with E-state index in [1.807, 2.05) is 0 Å². The highest BCUT2D eigenvalue weighted by Gasteiger charge is 2.37. The van der Waals surface area contributed by atoms with Crippen molar-refractivity contribution in [2.45, 2.75) is 193 Å². The summed E-state index contributed by atoms with van der Waals surface area (Å²) >= 11 is 0. The van der Waals surface area contributed by atoms with Gasteiger partial charge in [0.25, 0.3) is 0 Å². The predicted octanol–water partition coefficient (Wildman–Crippen LogP) is -2.33. The fourth-order valence-corrected chi connectivity index (χ4v) is 9.34. The van der Waals surface area contributed by atoms with Crippen LogP contribution in [-0.2, 0) is 84.8 Å². The normalized spacial score (nSPS) is 15.1. The number of amides is 12. The number of aliphatic carboxylic acids is 3. The quantitative estimate of drug-likeness (QED) is 0.0332. The van der Waals surface area contributed by atoms with E-state index < -0.39 is 205 Å². The number of nitrogens with one attached hydrogen (secondary N) is 10. The maximum atomic E-state index is 14.6. The van der Waals surface area contributed by atoms with Crippen molar-refractivity contribution in [3.8, 4) is 0 Å². The summed E-state index contributed by atoms with van der Waals surface area (Å²) in [6.45, 7) is 13.7. The van der Waals surface area contributed by atoms with Gasteiger partial charge in [0, 0.05) is 38.5 Å². The molecule has 0 aliphatic rings. The first-order chi connectivity index (χ1) is 43.0. The second kappa shape index (κ2) is 38.9. The Bertz CT molecular complexity index is 2910. The summed E-state index contributed by atoms with van der Waals surface area (Å²) in [7, 11) is 0. The van der Waals surface area contributed by atoms with Crippen molar-refractivity contribution in [3.05, 3.63) is 71.8 Å². The van der Waals surface area contributed by atoms with Crippen molar-refractivity contribution in [1.29, 1.82) is 0 Å². The van der Waals surface area contributed by atoms with Crippen LogP contribution in [0.25, 0.3) is 0 Å². The summed E-state index contributed by atoms with van der Waals surface area (Å²) in [5, 5.41) is 64.2. The van der Waals surface area contributed by atoms with E-state index in [-0.39, 0.29) is 38.0 Å². The lowest BCUT2D eigenvalue weighted by Crippen LogP contribution is -2.60. The molecule has 31 heteroatoms. The topological polar surface area (TPSA) is 509 Å². The molecule has 0 radical (unpaired) electrons. The number of primary amides is 2. The smallest absolute Gasteiger partial charge is 0.305 e. The van der Waals surface area contributed by atoms with Crippen LogP contribution in [0.2, 0.25) is 0 Å². The van der Waals surface area contributed by atoms with Crippen LogP contribution >= 0.6 is 0 Å². The molecule has 18 N–H and O–H groups in total. The highest BCUT2D eigenvalue weighted by Crippen LogP contribution is 2.18. The Balaban J connectivity index is 2.41. The molecule has 0 spiro atoms. The van der Waals surface area contributed by atoms with Crippen molar-refractivity contribution in [2.75, 3.05) is 0 Å². The first kappa shape index (κ1) is 78.5. The van der Waals surface area contributed by atoms with Crippen LogP contribution in [-0.4, -0.2) is 176 Å². The van der Waals surface area contributed by atoms with E-state index in [9.17, 15) is 92.3 Å². The molecule has 12 amide bonds. The van der Waals surface area contributed by atoms with Gasteiger partial charge in [-0.1, -0.05) is 109 Å². The summed E-state index contributed by atoms with van der Waals surface area (Å²) in [6, 6.07) is 2.15. The van der Waals surface area contributed by atoms with Crippen LogP contribution in [0.3, 0.4) is 0 Å². The lowest BCUT2D eigenvalue weighted by atomic mass is 9.91. The molecule has 0 heterocycles. The van der Waals surface area contributed by atoms with Gasteiger partial charge in [-0.3, -0.25) is 71.9 Å². The highest BCUT2D eigenvalue weighted by molar-refractivity contribution is 5.99. The molecule has 0 unspecified atom stereocenters. The SMILES string of the molecule is CC(=O)N[C@@H](CCC(=O)O)C(=O)N[C@H](C(=O)N[C@@H](CC(N)=O)C(=O)N[C@@H](CC(C)C)[C@@H](O)C[C@@H](C)C(=O)N[C@H](C(=O)N[C@@H](Cc1ccccc1)C(=O)N[C@@H](Cc1ccccc1)C(=O)N[C@@H](C)C(=O)N[C@@H](CCC(=O)O)C(=O)N[C@@H](CC(=O)O)C(N)=O)C(C)C)C(C)C. The summed E-state index contributed by atoms with van der Waals surface area (Å²) < 4.78 is 0. The molecule has 0 fully saturated rings. The number of hydrogen-bond donors (Lipinski definition) is 16. The second-order valence-corrected chi connectivity index (χ2v) is 23.6. The van der Waals surface area contributed by atoms with Crippen LogP contribution < -0.4 is 64.6 Å². The number of carboxylic acid groups (broad SMARTS) is 3. The van der Waals surface area contributed by atoms with E-state index in [2.05, 4.69) is 53.2 Å². The Hall–Kier alpha value is -9.55. The average Bonchev–Trinajstić information content (AvgIpc) is 1.19. The Morgan fingerprint density at radius 2 is 0.804 bits per heavy atom. The predicted molar refractivity (Wildman–Crippen MR) is 329 cm³/mol. The van der Waals surface area contributed by atoms with Crippen LogP contribution in [0, 0.1) is 23.7 Å². The van der Waals surface area contributed by atoms with Gasteiger partial charge in [-0.15, -0.1) is 0 Å². The number of aliphatic hydroxyl groups excluding tert-OH is 1. The van der Waals surface area contributed by atoms with Crippen LogP contribution in [0.4, 0.5) is 0 Å². The number of hydrogen-bond acceptors (Lipinski definition) is 16. The fraction of sp³-hybridized carbons (Fsp3) is 0.557. The third-order valence-electron chi connectivity index (χ3n) is 14.3. The highest BCUT2D eigenvalue weighted by atomic mass is 16.4. The molecule has 0 saturated heterocycles. The molecule has 0 aliphatic carbocycles. The van der Waals surface area contributed by atoms with Gasteiger partial charge in [0.05, 0.1) is 25.0 Å². The van der Waals surface area contributed by atoms with Crippen molar-refractivity contribution in [3.63, 3.8) is 0 Å². The maximum absolute atomic E-state index is 14.6. The molecule has 0 aliphatic heterocycles. The fourth-order valence-electron chi connectivity index (χ4n) is 9.34. The molecule has 2 aromatic rings. The largest absolute Gasteiger partial charge is 0.481 e. The first-order valence-corrected chi connectivity index (χ1v) is 30.0. The van der Waals surface area contributed by atoms with Crippen molar-refractivity contribution >= 4 is 88.8 Å². The summed E-state index contributed by atoms with van der Waals surface area (Å²) in [5.74, 6) is -18.0. The van der Waals surface area contributed by atoms with Crippen molar-refractivity contribution in [1.82, 2.24) is 53.2 Å². The van der Waals surface area contributed by atoms with Gasteiger partial charge in [-0.2, -0.15) is 0 Å². The lowest BCUT2D eigenvalue weighted by Gasteiger charge is -2.31. The number of benzene rings is 2. The minimum atomic E-state index is -1.73. The third kappa shape index (κ3) is 28.9. The average molecular weight is 1300 g/mol. The Labute approximate surface area is 532 Å². The maximum Gasteiger partial charge on any atom is 0.305 e. The second-order valence-electron chi connectivity index (χ2n) is 23.6. The van der Waals surface area contributed by atoms with Gasteiger partial charge in [0.15, 0.2) is 0 Å². The number of carboxylic acids is 3. The van der Waals surface area contributed by atoms with E-state index in [0.29, 0.717) is 11.1 Å². The number of aliphatic hydroxyl groups is 1. The first-order valence-electron chi connectivity index (χ1n) is 30.0. The van der Waals surface area contributed by atoms with Gasteiger partial charge in [-0.05, 0) is 61.5 Å². The summed E-state index contributed by atoms with van der Waals surface area (Å²) in [4.78, 5) is 195. The third-order valence-corrected chi connectivity index (χ3v) is 14.3. The van der Waals surface area contributed by atoms with E-state index in [1.165, 1.54) is 13.8 Å². The number of nitrogens with two attached hydrogens (primary N) is 2. The zero-order chi connectivity index (χ0) is 69.7. The Kier molecular flexibility index (Phi) is 33.2. The molecule has 508 valence electrons. The molecule has 2 rings (SSSR count). The van der Waals surface area contributed by atoms with Crippen LogP contribution in [0.5, 0.6) is 0 Å². The monoisotopic (exact) mass is 1290 g/mol. The zero-order valence-corrected chi connectivity index (χ0v) is 53.1. The van der Waals surface area contributed by atoms with Crippen LogP contribution in [0.15, 0.2) is 60.7 Å². The zero-order valence-electron chi connectivity index (χ0n) is 53.1. The molecule has 0 aromatic heterocycles. The van der Waals surface area contributed by atoms with Crippen LogP contribution in [0.1, 0.15) is 125 Å². The van der Waals surface area contributed by atoms with Gasteiger partial charge in [0.1, 0.15) is 54.4 Å². The van der Waals surface area contributed by atoms with Gasteiger partial charge < -0.3 is 85.1 Å². The number of carbonyl (C=O) groups is 15. The molecule has 92 heavy (non-hydrogen) atoms. The van der Waals surface area contributed by atoms with E-state index in [0.717, 1.165) is 6.92 Å². The molecule has 2 aromatic carbocycles. The Morgan fingerprint density at radius 1 is 0.413 bits per heavy atom. The summed E-state index contributed by atoms with van der Waals surface area (Å²) in [6.07, 6.45) is -5.71. The molecule has 12 atom stereocenters. The van der Waals surface area contributed by atoms with Crippen molar-refractivity contribution < 1.29 is 92.3 Å². The minimum Gasteiger partial charge on any atom is -0.481 e. The molecular formula is C61H90N12O19. The molecule has 31 nitrogen and oxygen atoms in total. The van der Waals surface area contributed by atoms with Gasteiger partial charge in [0.2, 0.25) is 70.9 Å². The van der Waals surface area contributed by atoms with Gasteiger partial charge in [-0.25, -0.2) is 0 Å². The van der Waals surface area contributed by atoms with E-state index >= 15 is 0 Å². The Morgan fingerprint density at radius 3 is 1.23 bits per heavy atom. The minimum absolute atomic E-state index is 0.102. The standard InChI is InChI=1S/C61H90N12O19/c1-30(2)24-40(67-59(90)44(28-46(62)76)71-61(92)51(32(5)6)73-56(87)38(65-35(9)74)20-22-47(77)78)45(75)25-33(7)53(84)72-50(31(3)4)60(91)70-43(27-37-18-14-11-15-19-37)58(89)69-42(26-36-16-12-10-13-17-36)57(88)64-34(8)54(85)66-39(21-23-48(79)80)55(86)68-41(52(63)83)29-49(81)82/h10-19,30-34,38-45,50-51,75H,20-29H2,1-9H3,(H2,62,76)(H2,63,83)(H,64,88)(H,65,74)(H,66,85)(H,67,90)(H,68,86)(H,69,89)(H,70,91)(H,71,92)(H,72,84)(H,73,87)(H,77,78)(H,79,80)(H,81,82)/t33-,34+,38+,39+,40+,41+,42+,43+,44+,45+,50+,51+/m1/s1. The van der Waals surface area contributed by atoms with E-state index in [4.69, 9.17) is 11.5 Å². The number of rotatable bonds is 41. The van der Waals surface area contributed by atoms with E-state index in [1.54, 1.807) is 102 Å².